The number of esters is 4. The molecule has 22 nitrogen and oxygen atoms in total. The molecule has 3 heterocycles. The molecule has 0 amide bonds. The fraction of sp³-hybridized carbons (Fsp3) is 0.307. The maximum absolute atomic E-state index is 14.8. The van der Waals surface area contributed by atoms with Gasteiger partial charge < -0.3 is 71.4 Å². The molecular weight excluding hydrogens is 1250 g/mol. The van der Waals surface area contributed by atoms with Crippen LogP contribution in [0, 0.1) is 0 Å². The standard InChI is InChI=1S/C75H73N3O19/c1-84-73-60(77-78-76)64(61(79)57(91-73)46-85-42-49-26-10-2-11-27-49)97-75-68(96-72(83)56-40-24-9-25-41-56)66(95-71(82)55-38-22-8-23-39-55)63(94-70(81)54-36-20-7-21-37-54)59(93-75)48-90-74-67(88-45-52-32-16-5-17-33-52)65(87-44-51-30-14-4-15-31-51)62(86-43-50-28-12-3-13-29-50)58(92-74)47-89-69(80)53-34-18-6-19-35-53/h2-41,57-68,73-75,79H,42-48H2,1H3/t57-,58-,59-,60-,61+,62-,63-,64-,65+,66+,67-,68-,73+,74+,75+/m1/s1. The van der Waals surface area contributed by atoms with Crippen molar-refractivity contribution in [2.45, 2.75) is 118 Å². The van der Waals surface area contributed by atoms with Crippen LogP contribution in [0.15, 0.2) is 248 Å². The number of hydrogen-bond acceptors (Lipinski definition) is 20. The summed E-state index contributed by atoms with van der Waals surface area (Å²) in [6.45, 7) is -1.11. The summed E-state index contributed by atoms with van der Waals surface area (Å²) in [5, 5.41) is 16.5. The molecule has 97 heavy (non-hydrogen) atoms. The van der Waals surface area contributed by atoms with Gasteiger partial charge in [0.1, 0.15) is 61.5 Å². The second kappa shape index (κ2) is 35.0. The highest BCUT2D eigenvalue weighted by Gasteiger charge is 2.57. The minimum atomic E-state index is -1.96. The smallest absolute Gasteiger partial charge is 0.338 e. The van der Waals surface area contributed by atoms with Gasteiger partial charge in [-0.2, -0.15) is 0 Å². The van der Waals surface area contributed by atoms with Crippen LogP contribution in [0.3, 0.4) is 0 Å². The molecule has 3 saturated heterocycles. The summed E-state index contributed by atoms with van der Waals surface area (Å²) in [4.78, 5) is 61.3. The Morgan fingerprint density at radius 2 is 0.773 bits per heavy atom. The van der Waals surface area contributed by atoms with Crippen LogP contribution >= 0.6 is 0 Å². The van der Waals surface area contributed by atoms with E-state index in [9.17, 15) is 29.8 Å². The lowest BCUT2D eigenvalue weighted by molar-refractivity contribution is -0.356. The molecule has 0 aliphatic carbocycles. The highest BCUT2D eigenvalue weighted by Crippen LogP contribution is 2.38. The molecule has 8 aromatic rings. The van der Waals surface area contributed by atoms with Crippen LogP contribution in [-0.4, -0.2) is 148 Å². The molecule has 3 aliphatic heterocycles. The van der Waals surface area contributed by atoms with Crippen molar-refractivity contribution in [1.82, 2.24) is 0 Å². The Balaban J connectivity index is 1.02. The second-order valence-corrected chi connectivity index (χ2v) is 22.9. The zero-order valence-electron chi connectivity index (χ0n) is 52.8. The molecule has 15 atom stereocenters. The first-order chi connectivity index (χ1) is 47.6. The molecule has 0 bridgehead atoms. The van der Waals surface area contributed by atoms with Gasteiger partial charge in [-0.3, -0.25) is 0 Å². The minimum absolute atomic E-state index is 0.0152. The van der Waals surface area contributed by atoms with Crippen molar-refractivity contribution in [3.05, 3.63) is 298 Å². The largest absolute Gasteiger partial charge is 0.459 e. The van der Waals surface area contributed by atoms with Gasteiger partial charge in [0.25, 0.3) is 0 Å². The Morgan fingerprint density at radius 3 is 1.24 bits per heavy atom. The molecule has 0 saturated carbocycles. The number of hydrogen-bond donors (Lipinski definition) is 1. The predicted molar refractivity (Wildman–Crippen MR) is 348 cm³/mol. The summed E-state index contributed by atoms with van der Waals surface area (Å²) in [5.74, 6) is -3.51. The molecule has 0 spiro atoms. The molecule has 11 rings (SSSR count). The Morgan fingerprint density at radius 1 is 0.392 bits per heavy atom. The highest BCUT2D eigenvalue weighted by atomic mass is 16.8. The Hall–Kier alpha value is -9.49. The predicted octanol–water partition coefficient (Wildman–Crippen LogP) is 10.8. The number of rotatable bonds is 29. The van der Waals surface area contributed by atoms with E-state index < -0.39 is 129 Å². The van der Waals surface area contributed by atoms with Gasteiger partial charge in [-0.1, -0.05) is 199 Å². The van der Waals surface area contributed by atoms with Crippen LogP contribution in [0.4, 0.5) is 0 Å². The summed E-state index contributed by atoms with van der Waals surface area (Å²) in [5.41, 5.74) is 13.8. The van der Waals surface area contributed by atoms with Crippen LogP contribution in [0.1, 0.15) is 63.7 Å². The first-order valence-electron chi connectivity index (χ1n) is 31.7. The lowest BCUT2D eigenvalue weighted by Gasteiger charge is -2.49. The zero-order valence-corrected chi connectivity index (χ0v) is 52.8. The van der Waals surface area contributed by atoms with Crippen LogP contribution in [0.25, 0.3) is 10.4 Å². The number of carbonyl (C=O) groups excluding carboxylic acids is 4. The third-order valence-corrected chi connectivity index (χ3v) is 16.4. The van der Waals surface area contributed by atoms with E-state index in [2.05, 4.69) is 10.0 Å². The van der Waals surface area contributed by atoms with E-state index in [1.165, 1.54) is 43.5 Å². The lowest BCUT2D eigenvalue weighted by atomic mass is 9.95. The summed E-state index contributed by atoms with van der Waals surface area (Å²) < 4.78 is 92.2. The summed E-state index contributed by atoms with van der Waals surface area (Å²) in [6, 6.07) is 68.2. The number of nitrogens with zero attached hydrogens (tertiary/aromatic N) is 3. The third-order valence-electron chi connectivity index (χ3n) is 16.4. The van der Waals surface area contributed by atoms with Crippen LogP contribution in [0.5, 0.6) is 0 Å². The number of aliphatic hydroxyl groups is 1. The Kier molecular flexibility index (Phi) is 24.8. The van der Waals surface area contributed by atoms with Crippen molar-refractivity contribution >= 4 is 23.9 Å². The van der Waals surface area contributed by atoms with Gasteiger partial charge in [0.05, 0.1) is 61.9 Å². The van der Waals surface area contributed by atoms with Crippen molar-refractivity contribution in [1.29, 1.82) is 0 Å². The topological polar surface area (TPSA) is 266 Å². The number of benzene rings is 8. The van der Waals surface area contributed by atoms with E-state index in [-0.39, 0.29) is 55.3 Å². The van der Waals surface area contributed by atoms with Gasteiger partial charge in [0, 0.05) is 12.0 Å². The van der Waals surface area contributed by atoms with Gasteiger partial charge in [-0.15, -0.1) is 0 Å². The van der Waals surface area contributed by atoms with Crippen molar-refractivity contribution < 1.29 is 90.6 Å². The first-order valence-corrected chi connectivity index (χ1v) is 31.7. The summed E-state index contributed by atoms with van der Waals surface area (Å²) >= 11 is 0. The molecule has 0 radical (unpaired) electrons. The molecule has 22 heteroatoms. The number of aliphatic hydroxyl groups excluding tert-OH is 1. The quantitative estimate of drug-likeness (QED) is 0.0150. The zero-order chi connectivity index (χ0) is 67.1. The molecule has 0 unspecified atom stereocenters. The minimum Gasteiger partial charge on any atom is -0.459 e. The molecule has 1 N–H and O–H groups in total. The SMILES string of the molecule is CO[C@H]1O[C@H](COCc2ccccc2)[C@H](O)[C@H](O[C@@H]2O[C@H](CO[C@H]3O[C@H](COC(=O)c4ccccc4)[C@@H](OCc4ccccc4)[C@H](OCc4ccccc4)[C@H]3OCc3ccccc3)[C@@H](OC(=O)c3ccccc3)[C@H](OC(=O)c3ccccc3)[C@H]2OC(=O)c2ccccc2)[C@H]1N=[N+]=[N-]. The summed E-state index contributed by atoms with van der Waals surface area (Å²) in [7, 11) is 1.30. The molecule has 3 aliphatic rings. The van der Waals surface area contributed by atoms with Gasteiger partial charge in [0.2, 0.25) is 0 Å². The Bertz CT molecular complexity index is 3780. The fourth-order valence-electron chi connectivity index (χ4n) is 11.4. The molecule has 3 fully saturated rings. The maximum Gasteiger partial charge on any atom is 0.338 e. The second-order valence-electron chi connectivity index (χ2n) is 22.9. The normalized spacial score (nSPS) is 25.3. The van der Waals surface area contributed by atoms with Gasteiger partial charge in [-0.05, 0) is 76.3 Å². The van der Waals surface area contributed by atoms with E-state index in [4.69, 9.17) is 66.3 Å². The number of ether oxygens (including phenoxy) is 14. The number of carbonyl (C=O) groups is 4. The van der Waals surface area contributed by atoms with E-state index >= 15 is 0 Å². The number of methoxy groups -OCH3 is 1. The van der Waals surface area contributed by atoms with Gasteiger partial charge in [0.15, 0.2) is 37.2 Å². The van der Waals surface area contributed by atoms with Crippen LogP contribution in [0.2, 0.25) is 0 Å². The van der Waals surface area contributed by atoms with Crippen molar-refractivity contribution in [2.24, 2.45) is 5.11 Å². The fourth-order valence-corrected chi connectivity index (χ4v) is 11.4. The van der Waals surface area contributed by atoms with Crippen LogP contribution < -0.4 is 0 Å². The summed E-state index contributed by atoms with van der Waals surface area (Å²) in [6.07, 6.45) is -21.2. The number of azide groups is 1. The lowest BCUT2D eigenvalue weighted by Crippen LogP contribution is -2.67. The maximum atomic E-state index is 14.8. The van der Waals surface area contributed by atoms with E-state index in [1.54, 1.807) is 84.9 Å². The van der Waals surface area contributed by atoms with E-state index in [1.807, 2.05) is 121 Å². The average Bonchev–Trinajstić information content (AvgIpc) is 0.791. The molecule has 8 aromatic carbocycles. The van der Waals surface area contributed by atoms with Crippen molar-refractivity contribution in [3.8, 4) is 0 Å². The van der Waals surface area contributed by atoms with Gasteiger partial charge >= 0.3 is 23.9 Å². The third kappa shape index (κ3) is 18.5. The molecular formula is C75H73N3O19. The first kappa shape index (κ1) is 68.9. The van der Waals surface area contributed by atoms with E-state index in [0.29, 0.717) is 0 Å². The molecule has 502 valence electrons. The van der Waals surface area contributed by atoms with E-state index in [0.717, 1.165) is 22.3 Å². The van der Waals surface area contributed by atoms with Crippen molar-refractivity contribution in [2.75, 3.05) is 26.9 Å². The molecule has 0 aromatic heterocycles. The van der Waals surface area contributed by atoms with Crippen LogP contribution in [-0.2, 0) is 92.7 Å². The van der Waals surface area contributed by atoms with Gasteiger partial charge in [-0.25, -0.2) is 19.2 Å². The average molecular weight is 1320 g/mol. The monoisotopic (exact) mass is 1320 g/mol. The van der Waals surface area contributed by atoms with Crippen molar-refractivity contribution in [3.63, 3.8) is 0 Å². The highest BCUT2D eigenvalue weighted by molar-refractivity contribution is 5.91. The Labute approximate surface area is 560 Å².